The quantitative estimate of drug-likeness (QED) is 0.748. The van der Waals surface area contributed by atoms with E-state index in [1.165, 1.54) is 5.56 Å². The third-order valence-electron chi connectivity index (χ3n) is 5.51. The number of piperidine rings is 1. The lowest BCUT2D eigenvalue weighted by molar-refractivity contribution is -0.133. The maximum absolute atomic E-state index is 12.5. The highest BCUT2D eigenvalue weighted by Gasteiger charge is 2.26. The van der Waals surface area contributed by atoms with Gasteiger partial charge in [-0.1, -0.05) is 30.3 Å². The first-order valence-electron chi connectivity index (χ1n) is 10.0. The van der Waals surface area contributed by atoms with Gasteiger partial charge in [0.15, 0.2) is 0 Å². The van der Waals surface area contributed by atoms with E-state index in [0.717, 1.165) is 58.2 Å². The summed E-state index contributed by atoms with van der Waals surface area (Å²) in [6.07, 6.45) is 6.59. The van der Waals surface area contributed by atoms with Crippen LogP contribution in [0.25, 0.3) is 0 Å². The molecule has 6 heteroatoms. The van der Waals surface area contributed by atoms with Gasteiger partial charge < -0.3 is 15.5 Å². The maximum atomic E-state index is 12.5. The minimum absolute atomic E-state index is 0. The molecule has 0 aromatic heterocycles. The largest absolute Gasteiger partial charge is 0.354 e. The lowest BCUT2D eigenvalue weighted by atomic mass is 9.97. The molecule has 2 unspecified atom stereocenters. The van der Waals surface area contributed by atoms with Gasteiger partial charge >= 0.3 is 0 Å². The first kappa shape index (κ1) is 21.7. The van der Waals surface area contributed by atoms with Gasteiger partial charge in [0.2, 0.25) is 11.8 Å². The lowest BCUT2D eigenvalue weighted by Crippen LogP contribution is -2.46. The summed E-state index contributed by atoms with van der Waals surface area (Å²) in [6.45, 7) is 3.26. The predicted octanol–water partition coefficient (Wildman–Crippen LogP) is 2.54. The Morgan fingerprint density at radius 1 is 1.15 bits per heavy atom. The maximum Gasteiger partial charge on any atom is 0.237 e. The standard InChI is InChI=1S/C21H31N3O2.ClH/c25-20(12-4-9-17-7-2-1-3-8-17)24-14-6-10-18(16-24)15-23-21(26)19-11-5-13-22-19;/h1-3,7-8,18-19,22H,4-6,9-16H2,(H,23,26);1H. The fourth-order valence-corrected chi connectivity index (χ4v) is 3.98. The number of nitrogens with one attached hydrogen (secondary N) is 2. The van der Waals surface area contributed by atoms with E-state index in [-0.39, 0.29) is 30.3 Å². The number of aryl methyl sites for hydroxylation is 1. The first-order valence-corrected chi connectivity index (χ1v) is 10.0. The Morgan fingerprint density at radius 3 is 2.70 bits per heavy atom. The Balaban J connectivity index is 0.00000261. The van der Waals surface area contributed by atoms with Crippen molar-refractivity contribution in [3.05, 3.63) is 35.9 Å². The molecule has 0 aliphatic carbocycles. The van der Waals surface area contributed by atoms with Crippen molar-refractivity contribution in [3.8, 4) is 0 Å². The number of carbonyl (C=O) groups excluding carboxylic acids is 2. The molecule has 2 amide bonds. The molecule has 0 radical (unpaired) electrons. The topological polar surface area (TPSA) is 61.4 Å². The Kier molecular flexibility index (Phi) is 9.08. The minimum atomic E-state index is -0.0192. The molecular weight excluding hydrogens is 362 g/mol. The molecule has 3 rings (SSSR count). The molecule has 5 nitrogen and oxygen atoms in total. The van der Waals surface area contributed by atoms with Crippen molar-refractivity contribution in [3.63, 3.8) is 0 Å². The van der Waals surface area contributed by atoms with Crippen molar-refractivity contribution in [2.45, 2.75) is 51.0 Å². The molecule has 0 spiro atoms. The van der Waals surface area contributed by atoms with Crippen LogP contribution < -0.4 is 10.6 Å². The van der Waals surface area contributed by atoms with Crippen molar-refractivity contribution < 1.29 is 9.59 Å². The van der Waals surface area contributed by atoms with Crippen molar-refractivity contribution in [1.29, 1.82) is 0 Å². The highest BCUT2D eigenvalue weighted by atomic mass is 35.5. The van der Waals surface area contributed by atoms with Gasteiger partial charge in [-0.2, -0.15) is 0 Å². The van der Waals surface area contributed by atoms with E-state index in [4.69, 9.17) is 0 Å². The Hall–Kier alpha value is -1.59. The third kappa shape index (κ3) is 6.82. The SMILES string of the molecule is Cl.O=C(NCC1CCCN(C(=O)CCCc2ccccc2)C1)C1CCCN1. The molecule has 0 bridgehead atoms. The van der Waals surface area contributed by atoms with Gasteiger partial charge in [-0.05, 0) is 56.6 Å². The Bertz CT molecular complexity index is 590. The van der Waals surface area contributed by atoms with Crippen LogP contribution in [0.2, 0.25) is 0 Å². The highest BCUT2D eigenvalue weighted by Crippen LogP contribution is 2.18. The van der Waals surface area contributed by atoms with Crippen LogP contribution in [0.1, 0.15) is 44.1 Å². The van der Waals surface area contributed by atoms with Crippen LogP contribution in [-0.2, 0) is 16.0 Å². The molecule has 2 aliphatic heterocycles. The van der Waals surface area contributed by atoms with Crippen LogP contribution in [-0.4, -0.2) is 48.9 Å². The average Bonchev–Trinajstić information content (AvgIpc) is 3.22. The molecule has 0 saturated carbocycles. The van der Waals surface area contributed by atoms with Crippen molar-refractivity contribution in [2.75, 3.05) is 26.2 Å². The summed E-state index contributed by atoms with van der Waals surface area (Å²) in [5, 5.41) is 6.31. The fourth-order valence-electron chi connectivity index (χ4n) is 3.98. The summed E-state index contributed by atoms with van der Waals surface area (Å²) in [7, 11) is 0. The second-order valence-electron chi connectivity index (χ2n) is 7.58. The number of halogens is 1. The van der Waals surface area contributed by atoms with Crippen LogP contribution in [0.4, 0.5) is 0 Å². The number of rotatable bonds is 7. The number of nitrogens with zero attached hydrogens (tertiary/aromatic N) is 1. The van der Waals surface area contributed by atoms with Crippen LogP contribution in [0.5, 0.6) is 0 Å². The summed E-state index contributed by atoms with van der Waals surface area (Å²) in [5.74, 6) is 0.760. The van der Waals surface area contributed by atoms with E-state index in [0.29, 0.717) is 18.9 Å². The zero-order chi connectivity index (χ0) is 18.2. The summed E-state index contributed by atoms with van der Waals surface area (Å²) < 4.78 is 0. The number of amides is 2. The molecule has 2 N–H and O–H groups in total. The van der Waals surface area contributed by atoms with Gasteiger partial charge in [-0.25, -0.2) is 0 Å². The van der Waals surface area contributed by atoms with E-state index in [9.17, 15) is 9.59 Å². The van der Waals surface area contributed by atoms with Gasteiger partial charge in [0.25, 0.3) is 0 Å². The molecule has 1 aromatic rings. The van der Waals surface area contributed by atoms with Crippen LogP contribution in [0.3, 0.4) is 0 Å². The van der Waals surface area contributed by atoms with Gasteiger partial charge in [-0.15, -0.1) is 12.4 Å². The highest BCUT2D eigenvalue weighted by molar-refractivity contribution is 5.85. The third-order valence-corrected chi connectivity index (χ3v) is 5.51. The van der Waals surface area contributed by atoms with Crippen LogP contribution in [0.15, 0.2) is 30.3 Å². The molecule has 2 fully saturated rings. The van der Waals surface area contributed by atoms with E-state index in [1.54, 1.807) is 0 Å². The number of hydrogen-bond donors (Lipinski definition) is 2. The van der Waals surface area contributed by atoms with Gasteiger partial charge in [0.05, 0.1) is 6.04 Å². The van der Waals surface area contributed by atoms with Crippen molar-refractivity contribution in [2.24, 2.45) is 5.92 Å². The number of likely N-dealkylation sites (tertiary alicyclic amines) is 1. The number of hydrogen-bond acceptors (Lipinski definition) is 3. The summed E-state index contributed by atoms with van der Waals surface area (Å²) >= 11 is 0. The molecular formula is C21H32ClN3O2. The number of carbonyl (C=O) groups is 2. The molecule has 2 aliphatic rings. The van der Waals surface area contributed by atoms with E-state index >= 15 is 0 Å². The lowest BCUT2D eigenvalue weighted by Gasteiger charge is -2.33. The molecule has 2 atom stereocenters. The van der Waals surface area contributed by atoms with Gasteiger partial charge in [0, 0.05) is 26.1 Å². The summed E-state index contributed by atoms with van der Waals surface area (Å²) in [4.78, 5) is 26.6. The van der Waals surface area contributed by atoms with E-state index < -0.39 is 0 Å². The average molecular weight is 394 g/mol. The molecule has 1 aromatic carbocycles. The van der Waals surface area contributed by atoms with Crippen LogP contribution >= 0.6 is 12.4 Å². The predicted molar refractivity (Wildman–Crippen MR) is 110 cm³/mol. The van der Waals surface area contributed by atoms with Crippen LogP contribution in [0, 0.1) is 5.92 Å². The monoisotopic (exact) mass is 393 g/mol. The Labute approximate surface area is 168 Å². The Morgan fingerprint density at radius 2 is 1.96 bits per heavy atom. The van der Waals surface area contributed by atoms with Crippen molar-refractivity contribution in [1.82, 2.24) is 15.5 Å². The second kappa shape index (κ2) is 11.3. The summed E-state index contributed by atoms with van der Waals surface area (Å²) in [6, 6.07) is 10.3. The zero-order valence-corrected chi connectivity index (χ0v) is 16.8. The van der Waals surface area contributed by atoms with Gasteiger partial charge in [-0.3, -0.25) is 9.59 Å². The smallest absolute Gasteiger partial charge is 0.237 e. The molecule has 150 valence electrons. The molecule has 2 heterocycles. The first-order chi connectivity index (χ1) is 12.7. The van der Waals surface area contributed by atoms with E-state index in [2.05, 4.69) is 22.8 Å². The van der Waals surface area contributed by atoms with Crippen molar-refractivity contribution >= 4 is 24.2 Å². The summed E-state index contributed by atoms with van der Waals surface area (Å²) in [5.41, 5.74) is 1.29. The fraction of sp³-hybridized carbons (Fsp3) is 0.619. The number of benzene rings is 1. The normalized spacial score (nSPS) is 22.1. The molecule has 27 heavy (non-hydrogen) atoms. The second-order valence-corrected chi connectivity index (χ2v) is 7.58. The van der Waals surface area contributed by atoms with E-state index in [1.807, 2.05) is 23.1 Å². The minimum Gasteiger partial charge on any atom is -0.354 e. The zero-order valence-electron chi connectivity index (χ0n) is 16.0. The van der Waals surface area contributed by atoms with Gasteiger partial charge in [0.1, 0.15) is 0 Å². The molecule has 2 saturated heterocycles.